The topological polar surface area (TPSA) is 73.8 Å². The van der Waals surface area contributed by atoms with Crippen molar-refractivity contribution in [3.63, 3.8) is 0 Å². The van der Waals surface area contributed by atoms with Crippen LogP contribution < -0.4 is 37.9 Å². The fourth-order valence-electron chi connectivity index (χ4n) is 21.5. The van der Waals surface area contributed by atoms with Crippen molar-refractivity contribution in [1.29, 1.82) is 0 Å². The van der Waals surface area contributed by atoms with Crippen LogP contribution in [0.4, 0.5) is 0 Å². The molecule has 0 spiro atoms. The number of methoxy groups -OCH3 is 8. The number of ether oxygens (including phenoxy) is 8. The molecule has 142 heavy (non-hydrogen) atoms. The summed E-state index contributed by atoms with van der Waals surface area (Å²) in [5.41, 5.74) is 28.1. The normalized spacial score (nSPS) is 11.2. The molecule has 0 atom stereocenters. The van der Waals surface area contributed by atoms with Crippen LogP contribution in [0.3, 0.4) is 0 Å². The first-order valence-corrected chi connectivity index (χ1v) is 47.8. The van der Waals surface area contributed by atoms with E-state index in [9.17, 15) is 0 Å². The first-order valence-electron chi connectivity index (χ1n) is 47.8. The average Bonchev–Trinajstić information content (AvgIpc) is 0.703. The minimum absolute atomic E-state index is 0.768. The Morgan fingerprint density at radius 3 is 0.352 bits per heavy atom. The zero-order chi connectivity index (χ0) is 96.3. The maximum absolute atomic E-state index is 5.91. The van der Waals surface area contributed by atoms with E-state index in [-0.39, 0.29) is 0 Å². The van der Waals surface area contributed by atoms with Crippen molar-refractivity contribution in [3.05, 3.63) is 461 Å². The summed E-state index contributed by atoms with van der Waals surface area (Å²) in [5.74, 6) is 6.35. The van der Waals surface area contributed by atoms with Gasteiger partial charge in [-0.3, -0.25) is 0 Å². The van der Waals surface area contributed by atoms with Gasteiger partial charge in [-0.05, 0) is 328 Å². The Bertz CT molecular complexity index is 8140. The van der Waals surface area contributed by atoms with Gasteiger partial charge >= 0.3 is 0 Å². The molecule has 24 aromatic rings. The SMILES string of the molecule is COc1ccc(-c2c3ccc(OC)cc3c(-c3ccc(OC)cc3)c3c(-c4ccc(OC)cc4)c4ccc(OC)cc4c(-c4ccc(OC)cc4)c23)cc1.COc1ccc(-c2c3ccccc3c(-c3ccccc3)c3c(-c4ccc(OC)cc4)c4ccccc4c(-c4ccccc4)c23)cc1.c1ccc(-c2c3ccccc3c(-c3ccccc3)c3c(-c4ccccc4)c4ccccc4c(-c4ccccc4)c23)cc1. The number of fused-ring (bicyclic) bond motifs is 9. The van der Waals surface area contributed by atoms with Gasteiger partial charge in [0.05, 0.1) is 56.9 Å². The lowest BCUT2D eigenvalue weighted by Crippen LogP contribution is -1.99. The fraction of sp³-hybridized carbons (Fsp3) is 0.0597. The Morgan fingerprint density at radius 1 is 0.0986 bits per heavy atom. The Morgan fingerprint density at radius 2 is 0.211 bits per heavy atom. The van der Waals surface area contributed by atoms with Gasteiger partial charge in [0.25, 0.3) is 0 Å². The van der Waals surface area contributed by atoms with Crippen LogP contribution >= 0.6 is 0 Å². The van der Waals surface area contributed by atoms with Gasteiger partial charge in [-0.15, -0.1) is 0 Å². The van der Waals surface area contributed by atoms with Crippen LogP contribution in [0.5, 0.6) is 46.0 Å². The first kappa shape index (κ1) is 89.2. The molecule has 8 heteroatoms. The zero-order valence-corrected chi connectivity index (χ0v) is 80.1. The molecule has 24 aromatic carbocycles. The average molecular weight is 1840 g/mol. The molecule has 0 saturated carbocycles. The lowest BCUT2D eigenvalue weighted by molar-refractivity contribution is 0.414. The van der Waals surface area contributed by atoms with Gasteiger partial charge in [-0.25, -0.2) is 0 Å². The van der Waals surface area contributed by atoms with E-state index < -0.39 is 0 Å². The number of hydrogen-bond acceptors (Lipinski definition) is 8. The summed E-state index contributed by atoms with van der Waals surface area (Å²) in [6.45, 7) is 0. The van der Waals surface area contributed by atoms with E-state index in [2.05, 4.69) is 400 Å². The molecule has 0 N–H and O–H groups in total. The summed E-state index contributed by atoms with van der Waals surface area (Å²) in [4.78, 5) is 0. The van der Waals surface area contributed by atoms with E-state index in [0.717, 1.165) is 134 Å². The Kier molecular flexibility index (Phi) is 24.7. The van der Waals surface area contributed by atoms with Gasteiger partial charge in [-0.1, -0.05) is 364 Å². The molecule has 0 radical (unpaired) electrons. The summed E-state index contributed by atoms with van der Waals surface area (Å²) in [6.07, 6.45) is 0. The minimum atomic E-state index is 0.768. The van der Waals surface area contributed by atoms with Crippen LogP contribution in [0.2, 0.25) is 0 Å². The molecule has 0 aliphatic heterocycles. The van der Waals surface area contributed by atoms with E-state index in [1.807, 2.05) is 60.7 Å². The Hall–Kier alpha value is -18.0. The van der Waals surface area contributed by atoms with Gasteiger partial charge in [0.15, 0.2) is 0 Å². The molecule has 0 aromatic heterocycles. The van der Waals surface area contributed by atoms with E-state index >= 15 is 0 Å². The van der Waals surface area contributed by atoms with Crippen molar-refractivity contribution in [1.82, 2.24) is 0 Å². The predicted molar refractivity (Wildman–Crippen MR) is 595 cm³/mol. The van der Waals surface area contributed by atoms with Crippen LogP contribution in [0.25, 0.3) is 230 Å². The molecule has 0 fully saturated rings. The molecule has 0 aliphatic carbocycles. The smallest absolute Gasteiger partial charge is 0.119 e. The highest BCUT2D eigenvalue weighted by Crippen LogP contribution is 2.59. The highest BCUT2D eigenvalue weighted by Gasteiger charge is 2.32. The fourth-order valence-corrected chi connectivity index (χ4v) is 21.5. The van der Waals surface area contributed by atoms with Gasteiger partial charge in [0.2, 0.25) is 0 Å². The third kappa shape index (κ3) is 16.2. The van der Waals surface area contributed by atoms with Crippen molar-refractivity contribution in [2.75, 3.05) is 56.9 Å². The quantitative estimate of drug-likeness (QED) is 0.0699. The molecule has 8 nitrogen and oxygen atoms in total. The van der Waals surface area contributed by atoms with Crippen molar-refractivity contribution in [3.8, 4) is 180 Å². The van der Waals surface area contributed by atoms with Crippen molar-refractivity contribution >= 4 is 97.0 Å². The lowest BCUT2D eigenvalue weighted by atomic mass is 9.77. The maximum atomic E-state index is 5.91. The molecular formula is C134H100O8. The highest BCUT2D eigenvalue weighted by atomic mass is 16.5. The van der Waals surface area contributed by atoms with Crippen molar-refractivity contribution in [2.24, 2.45) is 0 Å². The third-order valence-electron chi connectivity index (χ3n) is 27.8. The zero-order valence-electron chi connectivity index (χ0n) is 80.1. The summed E-state index contributed by atoms with van der Waals surface area (Å²) in [5, 5.41) is 21.5. The summed E-state index contributed by atoms with van der Waals surface area (Å²) < 4.78 is 45.6. The second kappa shape index (κ2) is 39.3. The Balaban J connectivity index is 0.000000123. The molecule has 684 valence electrons. The molecule has 0 saturated heterocycles. The molecule has 0 aliphatic rings. The highest BCUT2D eigenvalue weighted by molar-refractivity contribution is 6.38. The van der Waals surface area contributed by atoms with Crippen LogP contribution in [0.15, 0.2) is 461 Å². The number of benzene rings is 24. The molecular weight excluding hydrogens is 1740 g/mol. The summed E-state index contributed by atoms with van der Waals surface area (Å²) in [6, 6.07) is 164. The van der Waals surface area contributed by atoms with E-state index in [1.165, 1.54) is 143 Å². The molecule has 0 unspecified atom stereocenters. The summed E-state index contributed by atoms with van der Waals surface area (Å²) >= 11 is 0. The van der Waals surface area contributed by atoms with Crippen molar-refractivity contribution < 1.29 is 37.9 Å². The van der Waals surface area contributed by atoms with Crippen LogP contribution in [0.1, 0.15) is 0 Å². The minimum Gasteiger partial charge on any atom is -0.497 e. The molecule has 0 amide bonds. The van der Waals surface area contributed by atoms with Gasteiger partial charge < -0.3 is 37.9 Å². The van der Waals surface area contributed by atoms with Crippen molar-refractivity contribution in [2.45, 2.75) is 0 Å². The molecule has 0 bridgehead atoms. The second-order valence-corrected chi connectivity index (χ2v) is 35.3. The predicted octanol–water partition coefficient (Wildman–Crippen LogP) is 35.5. The second-order valence-electron chi connectivity index (χ2n) is 35.3. The van der Waals surface area contributed by atoms with E-state index in [1.54, 1.807) is 56.9 Å². The Labute approximate surface area is 826 Å². The molecule has 0 heterocycles. The summed E-state index contributed by atoms with van der Waals surface area (Å²) in [7, 11) is 13.6. The van der Waals surface area contributed by atoms with Crippen LogP contribution in [-0.4, -0.2) is 56.9 Å². The number of hydrogen-bond donors (Lipinski definition) is 0. The lowest BCUT2D eigenvalue weighted by Gasteiger charge is -2.26. The standard InChI is InChI=1S/C48H40O6.C44H32O2.C42H28/c1-49-33-15-7-29(8-16-33)43-39-25-23-37(53-5)27-41(39)46(32-13-21-36(52-4)22-14-32)48-44(30-9-17-34(50-2)18-10-30)40-26-24-38(54-6)28-42(40)45(47(43)48)31-11-19-35(51-3)20-12-31;1-45-33-25-21-31(22-26-33)41-37-19-11-9-17-35(37)40(30-15-7-4-8-16-30)44-42(32-23-27-34(46-2)28-24-32)38-20-12-10-18-36(38)39(43(41)44)29-13-5-3-6-14-29;1-5-17-29(18-6-1)37-33-25-13-14-26-34(33)39(31-21-9-3-10-22-31)42-40(32-23-11-4-12-24-32)36-28-16-15-27-35(36)38(41(37)42)30-19-7-2-8-20-30/h7-28H,1-6H3;3-28H,1-2H3;1-28H. The van der Waals surface area contributed by atoms with Gasteiger partial charge in [0.1, 0.15) is 46.0 Å². The maximum Gasteiger partial charge on any atom is 0.119 e. The monoisotopic (exact) mass is 1840 g/mol. The number of rotatable bonds is 20. The van der Waals surface area contributed by atoms with Gasteiger partial charge in [0, 0.05) is 0 Å². The van der Waals surface area contributed by atoms with Gasteiger partial charge in [-0.2, -0.15) is 0 Å². The molecule has 24 rings (SSSR count). The van der Waals surface area contributed by atoms with Crippen LogP contribution in [0, 0.1) is 0 Å². The first-order chi connectivity index (χ1) is 70.2. The van der Waals surface area contributed by atoms with Crippen LogP contribution in [-0.2, 0) is 0 Å². The van der Waals surface area contributed by atoms with E-state index in [0.29, 0.717) is 0 Å². The third-order valence-corrected chi connectivity index (χ3v) is 27.8. The largest absolute Gasteiger partial charge is 0.497 e. The van der Waals surface area contributed by atoms with E-state index in [4.69, 9.17) is 37.9 Å².